The van der Waals surface area contributed by atoms with Gasteiger partial charge in [-0.3, -0.25) is 9.59 Å². The number of nitrogens with one attached hydrogen (secondary N) is 1. The van der Waals surface area contributed by atoms with Gasteiger partial charge in [-0.2, -0.15) is 0 Å². The first-order valence-electron chi connectivity index (χ1n) is 4.99. The SMILES string of the molecule is CNc1cccc(N(CC(N)=O)CC(N)=O)n1. The lowest BCUT2D eigenvalue weighted by Crippen LogP contribution is -2.40. The predicted octanol–water partition coefficient (Wildman–Crippen LogP) is -1.10. The second-order valence-corrected chi connectivity index (χ2v) is 3.42. The van der Waals surface area contributed by atoms with Crippen LogP contribution in [0.25, 0.3) is 0 Å². The van der Waals surface area contributed by atoms with Crippen LogP contribution in [0.1, 0.15) is 0 Å². The van der Waals surface area contributed by atoms with E-state index in [0.29, 0.717) is 11.6 Å². The van der Waals surface area contributed by atoms with Gasteiger partial charge >= 0.3 is 0 Å². The third-order valence-corrected chi connectivity index (χ3v) is 2.01. The molecule has 0 saturated heterocycles. The summed E-state index contributed by atoms with van der Waals surface area (Å²) in [6.45, 7) is -0.216. The van der Waals surface area contributed by atoms with E-state index in [1.54, 1.807) is 25.2 Å². The third-order valence-electron chi connectivity index (χ3n) is 2.01. The van der Waals surface area contributed by atoms with Crippen LogP contribution in [0, 0.1) is 0 Å². The number of hydrogen-bond acceptors (Lipinski definition) is 5. The number of anilines is 2. The molecule has 0 aromatic carbocycles. The Hall–Kier alpha value is -2.31. The molecule has 2 amide bonds. The van der Waals surface area contributed by atoms with E-state index < -0.39 is 11.8 Å². The van der Waals surface area contributed by atoms with Crippen LogP contribution in [0.3, 0.4) is 0 Å². The Morgan fingerprint density at radius 3 is 2.35 bits per heavy atom. The van der Waals surface area contributed by atoms with Gasteiger partial charge in [-0.15, -0.1) is 0 Å². The van der Waals surface area contributed by atoms with Crippen molar-refractivity contribution >= 4 is 23.5 Å². The number of carbonyl (C=O) groups is 2. The Bertz CT molecular complexity index is 405. The average molecular weight is 237 g/mol. The number of nitrogens with two attached hydrogens (primary N) is 2. The Morgan fingerprint density at radius 2 is 1.88 bits per heavy atom. The van der Waals surface area contributed by atoms with Gasteiger partial charge in [0, 0.05) is 7.05 Å². The average Bonchev–Trinajstić information content (AvgIpc) is 2.27. The van der Waals surface area contributed by atoms with Gasteiger partial charge in [-0.1, -0.05) is 6.07 Å². The molecule has 0 unspecified atom stereocenters. The summed E-state index contributed by atoms with van der Waals surface area (Å²) < 4.78 is 0. The summed E-state index contributed by atoms with van der Waals surface area (Å²) >= 11 is 0. The van der Waals surface area contributed by atoms with E-state index in [4.69, 9.17) is 11.5 Å². The summed E-state index contributed by atoms with van der Waals surface area (Å²) in [4.78, 5) is 27.4. The Balaban J connectivity index is 2.94. The molecule has 1 rings (SSSR count). The topological polar surface area (TPSA) is 114 Å². The fraction of sp³-hybridized carbons (Fsp3) is 0.300. The minimum atomic E-state index is -0.553. The summed E-state index contributed by atoms with van der Waals surface area (Å²) in [5, 5.41) is 2.86. The second kappa shape index (κ2) is 5.69. The van der Waals surface area contributed by atoms with E-state index >= 15 is 0 Å². The smallest absolute Gasteiger partial charge is 0.237 e. The van der Waals surface area contributed by atoms with Crippen molar-refractivity contribution < 1.29 is 9.59 Å². The molecular weight excluding hydrogens is 222 g/mol. The van der Waals surface area contributed by atoms with Crippen LogP contribution in [-0.4, -0.2) is 36.9 Å². The summed E-state index contributed by atoms with van der Waals surface area (Å²) in [5.74, 6) is -0.0123. The summed E-state index contributed by atoms with van der Waals surface area (Å²) in [6, 6.07) is 5.19. The van der Waals surface area contributed by atoms with E-state index in [9.17, 15) is 9.59 Å². The zero-order valence-electron chi connectivity index (χ0n) is 9.51. The maximum atomic E-state index is 10.9. The molecule has 1 aromatic heterocycles. The van der Waals surface area contributed by atoms with Gasteiger partial charge in [0.1, 0.15) is 11.6 Å². The molecule has 7 heteroatoms. The Kier molecular flexibility index (Phi) is 4.27. The monoisotopic (exact) mass is 237 g/mol. The minimum Gasteiger partial charge on any atom is -0.373 e. The highest BCUT2D eigenvalue weighted by Crippen LogP contribution is 2.13. The highest BCUT2D eigenvalue weighted by molar-refractivity contribution is 5.84. The van der Waals surface area contributed by atoms with Crippen molar-refractivity contribution in [3.63, 3.8) is 0 Å². The van der Waals surface area contributed by atoms with E-state index in [0.717, 1.165) is 0 Å². The van der Waals surface area contributed by atoms with Crippen LogP contribution in [0.5, 0.6) is 0 Å². The van der Waals surface area contributed by atoms with Crippen molar-refractivity contribution in [1.29, 1.82) is 0 Å². The van der Waals surface area contributed by atoms with Gasteiger partial charge in [0.2, 0.25) is 11.8 Å². The fourth-order valence-electron chi connectivity index (χ4n) is 1.33. The van der Waals surface area contributed by atoms with Gasteiger partial charge in [0.15, 0.2) is 0 Å². The maximum absolute atomic E-state index is 10.9. The quantitative estimate of drug-likeness (QED) is 0.581. The van der Waals surface area contributed by atoms with Crippen LogP contribution in [0.2, 0.25) is 0 Å². The molecule has 17 heavy (non-hydrogen) atoms. The molecule has 1 aromatic rings. The van der Waals surface area contributed by atoms with Gasteiger partial charge in [0.25, 0.3) is 0 Å². The molecule has 7 nitrogen and oxygen atoms in total. The number of carbonyl (C=O) groups excluding carboxylic acids is 2. The highest BCUT2D eigenvalue weighted by Gasteiger charge is 2.13. The van der Waals surface area contributed by atoms with Crippen LogP contribution < -0.4 is 21.7 Å². The number of pyridine rings is 1. The normalized spacial score (nSPS) is 9.71. The molecule has 0 spiro atoms. The molecule has 0 bridgehead atoms. The molecule has 0 saturated carbocycles. The van der Waals surface area contributed by atoms with Crippen molar-refractivity contribution in [1.82, 2.24) is 4.98 Å². The first-order chi connectivity index (χ1) is 8.02. The lowest BCUT2D eigenvalue weighted by Gasteiger charge is -2.20. The third kappa shape index (κ3) is 3.98. The van der Waals surface area contributed by atoms with Crippen LogP contribution in [0.15, 0.2) is 18.2 Å². The van der Waals surface area contributed by atoms with Crippen LogP contribution >= 0.6 is 0 Å². The lowest BCUT2D eigenvalue weighted by atomic mass is 10.3. The number of amides is 2. The molecule has 0 aliphatic heterocycles. The maximum Gasteiger partial charge on any atom is 0.237 e. The predicted molar refractivity (Wildman–Crippen MR) is 64.4 cm³/mol. The van der Waals surface area contributed by atoms with Gasteiger partial charge in [-0.25, -0.2) is 4.98 Å². The zero-order valence-corrected chi connectivity index (χ0v) is 9.51. The van der Waals surface area contributed by atoms with E-state index in [-0.39, 0.29) is 13.1 Å². The molecular formula is C10H15N5O2. The number of primary amides is 2. The second-order valence-electron chi connectivity index (χ2n) is 3.42. The van der Waals surface area contributed by atoms with Crippen molar-refractivity contribution in [2.24, 2.45) is 11.5 Å². The van der Waals surface area contributed by atoms with E-state index in [2.05, 4.69) is 10.3 Å². The van der Waals surface area contributed by atoms with Gasteiger partial charge in [-0.05, 0) is 12.1 Å². The molecule has 0 radical (unpaired) electrons. The Labute approximate surface area is 98.8 Å². The largest absolute Gasteiger partial charge is 0.373 e. The number of nitrogens with zero attached hydrogens (tertiary/aromatic N) is 2. The van der Waals surface area contributed by atoms with E-state index in [1.807, 2.05) is 0 Å². The van der Waals surface area contributed by atoms with Crippen LogP contribution in [-0.2, 0) is 9.59 Å². The number of aromatic nitrogens is 1. The first-order valence-corrected chi connectivity index (χ1v) is 4.99. The highest BCUT2D eigenvalue weighted by atomic mass is 16.2. The fourth-order valence-corrected chi connectivity index (χ4v) is 1.33. The van der Waals surface area contributed by atoms with Gasteiger partial charge in [0.05, 0.1) is 13.1 Å². The van der Waals surface area contributed by atoms with Gasteiger partial charge < -0.3 is 21.7 Å². The standard InChI is InChI=1S/C10H15N5O2/c1-13-9-3-2-4-10(14-9)15(5-7(11)16)6-8(12)17/h2-4H,5-6H2,1H3,(H2,11,16)(H2,12,17)(H,13,14). The molecule has 0 aliphatic carbocycles. The summed E-state index contributed by atoms with van der Waals surface area (Å²) in [7, 11) is 1.72. The molecule has 0 aliphatic rings. The van der Waals surface area contributed by atoms with Crippen molar-refractivity contribution in [2.45, 2.75) is 0 Å². The van der Waals surface area contributed by atoms with Crippen LogP contribution in [0.4, 0.5) is 11.6 Å². The number of hydrogen-bond donors (Lipinski definition) is 3. The van der Waals surface area contributed by atoms with Crippen molar-refractivity contribution in [2.75, 3.05) is 30.4 Å². The molecule has 5 N–H and O–H groups in total. The van der Waals surface area contributed by atoms with Crippen molar-refractivity contribution in [3.05, 3.63) is 18.2 Å². The molecule has 0 fully saturated rings. The zero-order chi connectivity index (χ0) is 12.8. The summed E-state index contributed by atoms with van der Waals surface area (Å²) in [5.41, 5.74) is 10.2. The molecule has 1 heterocycles. The number of rotatable bonds is 6. The minimum absolute atomic E-state index is 0.108. The lowest BCUT2D eigenvalue weighted by molar-refractivity contribution is -0.117. The molecule has 92 valence electrons. The van der Waals surface area contributed by atoms with E-state index in [1.165, 1.54) is 4.90 Å². The Morgan fingerprint density at radius 1 is 1.29 bits per heavy atom. The first kappa shape index (κ1) is 12.8. The molecule has 0 atom stereocenters. The summed E-state index contributed by atoms with van der Waals surface area (Å²) in [6.07, 6.45) is 0. The van der Waals surface area contributed by atoms with Crippen molar-refractivity contribution in [3.8, 4) is 0 Å².